The Kier molecular flexibility index (Phi) is 19.9. The van der Waals surface area contributed by atoms with Gasteiger partial charge in [0.05, 0.1) is 25.7 Å². The number of thioether (sulfide) groups is 1. The van der Waals surface area contributed by atoms with Crippen molar-refractivity contribution in [3.63, 3.8) is 0 Å². The van der Waals surface area contributed by atoms with Gasteiger partial charge in [-0.2, -0.15) is 50.5 Å². The van der Waals surface area contributed by atoms with Crippen molar-refractivity contribution in [3.8, 4) is 0 Å². The predicted octanol–water partition coefficient (Wildman–Crippen LogP) is 4.02. The normalized spacial score (nSPS) is 16.5. The fourth-order valence-electron chi connectivity index (χ4n) is 2.93. The standard InChI is InChI=1S/C25H42O9S5/c1-15(35)6-20(26)31-11-25(12-32-21(27)7-16(2)36,13-33-22(28)8-17(3)37)14-34-23(29)10-19(5)39-24(30)9-18(4)38/h15-19,35-38H,6-14H2,1-5H3. The van der Waals surface area contributed by atoms with Crippen molar-refractivity contribution < 1.29 is 42.9 Å². The Morgan fingerprint density at radius 2 is 0.821 bits per heavy atom. The predicted molar refractivity (Wildman–Crippen MR) is 165 cm³/mol. The Balaban J connectivity index is 5.66. The molecule has 0 aromatic heterocycles. The molecule has 0 aromatic rings. The third-order valence-electron chi connectivity index (χ3n) is 4.79. The summed E-state index contributed by atoms with van der Waals surface area (Å²) in [7, 11) is 0. The highest BCUT2D eigenvalue weighted by atomic mass is 32.2. The molecule has 0 heterocycles. The van der Waals surface area contributed by atoms with Gasteiger partial charge in [-0.1, -0.05) is 46.4 Å². The van der Waals surface area contributed by atoms with E-state index in [4.69, 9.17) is 18.9 Å². The number of ether oxygens (including phenoxy) is 4. The fourth-order valence-corrected chi connectivity index (χ4v) is 4.68. The molecule has 9 nitrogen and oxygen atoms in total. The highest BCUT2D eigenvalue weighted by Gasteiger charge is 2.38. The van der Waals surface area contributed by atoms with Crippen LogP contribution in [0.25, 0.3) is 0 Å². The Bertz CT molecular complexity index is 738. The van der Waals surface area contributed by atoms with Gasteiger partial charge in [0.1, 0.15) is 31.8 Å². The minimum Gasteiger partial charge on any atom is -0.465 e. The van der Waals surface area contributed by atoms with Crippen LogP contribution in [0.4, 0.5) is 0 Å². The van der Waals surface area contributed by atoms with Gasteiger partial charge in [0.15, 0.2) is 5.12 Å². The second-order valence-electron chi connectivity index (χ2n) is 9.86. The third kappa shape index (κ3) is 20.8. The van der Waals surface area contributed by atoms with Crippen molar-refractivity contribution >= 4 is 91.3 Å². The molecule has 0 fully saturated rings. The fraction of sp³-hybridized carbons (Fsp3) is 0.800. The van der Waals surface area contributed by atoms with E-state index in [1.54, 1.807) is 34.6 Å². The molecule has 0 radical (unpaired) electrons. The molecule has 14 heteroatoms. The summed E-state index contributed by atoms with van der Waals surface area (Å²) >= 11 is 17.8. The number of carbonyl (C=O) groups is 5. The minimum absolute atomic E-state index is 0.0144. The molecular formula is C25H42O9S5. The van der Waals surface area contributed by atoms with Gasteiger partial charge in [-0.15, -0.1) is 0 Å². The number of carbonyl (C=O) groups excluding carboxylic acids is 5. The molecule has 0 saturated heterocycles. The van der Waals surface area contributed by atoms with Crippen LogP contribution in [0, 0.1) is 5.41 Å². The Labute approximate surface area is 258 Å². The van der Waals surface area contributed by atoms with Crippen LogP contribution in [0.5, 0.6) is 0 Å². The van der Waals surface area contributed by atoms with Crippen molar-refractivity contribution in [3.05, 3.63) is 0 Å². The van der Waals surface area contributed by atoms with Crippen LogP contribution < -0.4 is 0 Å². The summed E-state index contributed by atoms with van der Waals surface area (Å²) in [6.07, 6.45) is 0.235. The molecule has 5 unspecified atom stereocenters. The van der Waals surface area contributed by atoms with Crippen molar-refractivity contribution in [1.82, 2.24) is 0 Å². The lowest BCUT2D eigenvalue weighted by Gasteiger charge is -2.32. The van der Waals surface area contributed by atoms with Crippen molar-refractivity contribution in [1.29, 1.82) is 0 Å². The number of thiol groups is 4. The monoisotopic (exact) mass is 646 g/mol. The maximum Gasteiger partial charge on any atom is 0.306 e. The molecule has 226 valence electrons. The first-order valence-electron chi connectivity index (χ1n) is 12.6. The van der Waals surface area contributed by atoms with Crippen LogP contribution in [0.2, 0.25) is 0 Å². The average molecular weight is 647 g/mol. The van der Waals surface area contributed by atoms with E-state index in [2.05, 4.69) is 50.5 Å². The molecular weight excluding hydrogens is 605 g/mol. The highest BCUT2D eigenvalue weighted by molar-refractivity contribution is 8.14. The van der Waals surface area contributed by atoms with Gasteiger partial charge in [0.2, 0.25) is 0 Å². The molecule has 0 aliphatic carbocycles. The van der Waals surface area contributed by atoms with E-state index in [1.165, 1.54) is 0 Å². The summed E-state index contributed by atoms with van der Waals surface area (Å²) in [5.41, 5.74) is -1.37. The van der Waals surface area contributed by atoms with E-state index in [-0.39, 0.29) is 89.9 Å². The number of esters is 4. The van der Waals surface area contributed by atoms with Gasteiger partial charge >= 0.3 is 23.9 Å². The zero-order chi connectivity index (χ0) is 30.2. The molecule has 39 heavy (non-hydrogen) atoms. The second-order valence-corrected chi connectivity index (χ2v) is 14.9. The smallest absolute Gasteiger partial charge is 0.306 e. The first kappa shape index (κ1) is 38.3. The molecule has 0 amide bonds. The largest absolute Gasteiger partial charge is 0.465 e. The molecule has 0 aliphatic rings. The van der Waals surface area contributed by atoms with Gasteiger partial charge < -0.3 is 18.9 Å². The number of hydrogen-bond acceptors (Lipinski definition) is 14. The van der Waals surface area contributed by atoms with Gasteiger partial charge in [0, 0.05) is 32.7 Å². The van der Waals surface area contributed by atoms with E-state index < -0.39 is 29.3 Å². The highest BCUT2D eigenvalue weighted by Crippen LogP contribution is 2.25. The molecule has 0 N–H and O–H groups in total. The zero-order valence-electron chi connectivity index (χ0n) is 23.1. The lowest BCUT2D eigenvalue weighted by molar-refractivity contribution is -0.170. The molecule has 0 spiro atoms. The van der Waals surface area contributed by atoms with Crippen LogP contribution in [-0.2, 0) is 42.9 Å². The summed E-state index contributed by atoms with van der Waals surface area (Å²) in [5, 5.41) is -1.33. The lowest BCUT2D eigenvalue weighted by atomic mass is 9.92. The SMILES string of the molecule is CC(S)CC(=O)OCC(COC(=O)CC(C)S)(COC(=O)CC(C)S)COC(=O)CC(C)SC(=O)CC(C)S. The van der Waals surface area contributed by atoms with E-state index in [0.29, 0.717) is 0 Å². The van der Waals surface area contributed by atoms with Crippen LogP contribution in [0.3, 0.4) is 0 Å². The van der Waals surface area contributed by atoms with Crippen LogP contribution in [-0.4, -0.2) is 81.7 Å². The molecule has 0 rings (SSSR count). The summed E-state index contributed by atoms with van der Waals surface area (Å²) < 4.78 is 21.7. The van der Waals surface area contributed by atoms with Gasteiger partial charge in [-0.05, 0) is 0 Å². The molecule has 0 aliphatic heterocycles. The lowest BCUT2D eigenvalue weighted by Crippen LogP contribution is -2.44. The van der Waals surface area contributed by atoms with Crippen molar-refractivity contribution in [2.45, 2.75) is 93.0 Å². The van der Waals surface area contributed by atoms with E-state index >= 15 is 0 Å². The zero-order valence-corrected chi connectivity index (χ0v) is 27.5. The Morgan fingerprint density at radius 1 is 0.538 bits per heavy atom. The maximum atomic E-state index is 12.6. The molecule has 0 bridgehead atoms. The summed E-state index contributed by atoms with van der Waals surface area (Å²) in [5.74, 6) is -2.32. The minimum atomic E-state index is -1.37. The topological polar surface area (TPSA) is 122 Å². The first-order valence-corrected chi connectivity index (χ1v) is 15.5. The van der Waals surface area contributed by atoms with Crippen molar-refractivity contribution in [2.24, 2.45) is 5.41 Å². The first-order chi connectivity index (χ1) is 18.0. The summed E-state index contributed by atoms with van der Waals surface area (Å²) in [4.78, 5) is 61.5. The second kappa shape index (κ2) is 20.2. The number of rotatable bonds is 19. The number of hydrogen-bond donors (Lipinski definition) is 4. The third-order valence-corrected chi connectivity index (χ3v) is 6.52. The Hall–Kier alpha value is -0.700. The Morgan fingerprint density at radius 3 is 1.10 bits per heavy atom. The van der Waals surface area contributed by atoms with Crippen LogP contribution >= 0.6 is 62.3 Å². The van der Waals surface area contributed by atoms with Crippen LogP contribution in [0.15, 0.2) is 0 Å². The quantitative estimate of drug-likeness (QED) is 0.0930. The van der Waals surface area contributed by atoms with Crippen molar-refractivity contribution in [2.75, 3.05) is 26.4 Å². The maximum absolute atomic E-state index is 12.6. The van der Waals surface area contributed by atoms with Crippen LogP contribution in [0.1, 0.15) is 66.7 Å². The van der Waals surface area contributed by atoms with Gasteiger partial charge in [0.25, 0.3) is 0 Å². The van der Waals surface area contributed by atoms with E-state index in [0.717, 1.165) is 11.8 Å². The average Bonchev–Trinajstić information content (AvgIpc) is 2.76. The molecule has 0 aromatic carbocycles. The molecule has 0 saturated carbocycles. The van der Waals surface area contributed by atoms with Gasteiger partial charge in [-0.25, -0.2) is 0 Å². The van der Waals surface area contributed by atoms with Gasteiger partial charge in [-0.3, -0.25) is 24.0 Å². The molecule has 5 atom stereocenters. The summed E-state index contributed by atoms with van der Waals surface area (Å²) in [6.45, 7) is 7.27. The van der Waals surface area contributed by atoms with E-state index in [9.17, 15) is 24.0 Å². The summed E-state index contributed by atoms with van der Waals surface area (Å²) in [6, 6.07) is 0. The van der Waals surface area contributed by atoms with E-state index in [1.807, 2.05) is 0 Å².